The first-order valence-electron chi connectivity index (χ1n) is 3.94. The second-order valence-electron chi connectivity index (χ2n) is 2.76. The molecule has 2 N–H and O–H groups in total. The number of anilines is 1. The first-order valence-corrected chi connectivity index (χ1v) is 3.94. The molecule has 2 nitrogen and oxygen atoms in total. The SMILES string of the molecule is CCCc1cncc(N)c1C. The minimum atomic E-state index is 0.802. The van der Waals surface area contributed by atoms with Crippen LogP contribution in [0.25, 0.3) is 0 Å². The van der Waals surface area contributed by atoms with E-state index < -0.39 is 0 Å². The van der Waals surface area contributed by atoms with Gasteiger partial charge in [0.2, 0.25) is 0 Å². The molecule has 0 aliphatic heterocycles. The maximum atomic E-state index is 5.69. The van der Waals surface area contributed by atoms with Crippen LogP contribution in [0.4, 0.5) is 5.69 Å². The van der Waals surface area contributed by atoms with Gasteiger partial charge >= 0.3 is 0 Å². The van der Waals surface area contributed by atoms with Crippen molar-refractivity contribution in [1.82, 2.24) is 4.98 Å². The van der Waals surface area contributed by atoms with Crippen LogP contribution in [0.3, 0.4) is 0 Å². The molecule has 0 fully saturated rings. The van der Waals surface area contributed by atoms with Gasteiger partial charge in [0.25, 0.3) is 0 Å². The van der Waals surface area contributed by atoms with Crippen molar-refractivity contribution in [3.05, 3.63) is 23.5 Å². The van der Waals surface area contributed by atoms with Gasteiger partial charge in [0, 0.05) is 6.20 Å². The van der Waals surface area contributed by atoms with Gasteiger partial charge in [-0.05, 0) is 24.5 Å². The molecule has 1 aromatic heterocycles. The third kappa shape index (κ3) is 1.70. The summed E-state index contributed by atoms with van der Waals surface area (Å²) in [6, 6.07) is 0. The highest BCUT2D eigenvalue weighted by atomic mass is 14.7. The van der Waals surface area contributed by atoms with Crippen LogP contribution in [-0.4, -0.2) is 4.98 Å². The fourth-order valence-corrected chi connectivity index (χ4v) is 1.11. The number of nitrogens with zero attached hydrogens (tertiary/aromatic N) is 1. The molecule has 0 amide bonds. The van der Waals surface area contributed by atoms with Crippen LogP contribution < -0.4 is 5.73 Å². The number of pyridine rings is 1. The molecule has 0 aliphatic carbocycles. The largest absolute Gasteiger partial charge is 0.397 e. The summed E-state index contributed by atoms with van der Waals surface area (Å²) in [4.78, 5) is 4.04. The summed E-state index contributed by atoms with van der Waals surface area (Å²) >= 11 is 0. The van der Waals surface area contributed by atoms with Crippen molar-refractivity contribution in [1.29, 1.82) is 0 Å². The molecule has 0 saturated heterocycles. The Morgan fingerprint density at radius 1 is 1.45 bits per heavy atom. The third-order valence-corrected chi connectivity index (χ3v) is 1.88. The summed E-state index contributed by atoms with van der Waals surface area (Å²) in [5, 5.41) is 0. The molecule has 0 unspecified atom stereocenters. The Morgan fingerprint density at radius 3 is 2.82 bits per heavy atom. The summed E-state index contributed by atoms with van der Waals surface area (Å²) in [5.74, 6) is 0. The zero-order valence-corrected chi connectivity index (χ0v) is 7.09. The fourth-order valence-electron chi connectivity index (χ4n) is 1.11. The summed E-state index contributed by atoms with van der Waals surface area (Å²) in [7, 11) is 0. The van der Waals surface area contributed by atoms with Crippen LogP contribution in [0, 0.1) is 6.92 Å². The molecule has 1 heterocycles. The number of nitrogens with two attached hydrogens (primary N) is 1. The van der Waals surface area contributed by atoms with E-state index in [0.29, 0.717) is 0 Å². The Labute approximate surface area is 67.5 Å². The highest BCUT2D eigenvalue weighted by Gasteiger charge is 1.99. The molecule has 1 rings (SSSR count). The summed E-state index contributed by atoms with van der Waals surface area (Å²) in [6.07, 6.45) is 5.82. The molecule has 60 valence electrons. The van der Waals surface area contributed by atoms with Crippen LogP contribution in [0.5, 0.6) is 0 Å². The van der Waals surface area contributed by atoms with Crippen molar-refractivity contribution in [2.45, 2.75) is 26.7 Å². The van der Waals surface area contributed by atoms with E-state index in [1.54, 1.807) is 6.20 Å². The molecule has 0 aromatic carbocycles. The molecule has 0 spiro atoms. The standard InChI is InChI=1S/C9H14N2/c1-3-4-8-5-11-6-9(10)7(8)2/h5-6H,3-4,10H2,1-2H3. The smallest absolute Gasteiger partial charge is 0.0533 e. The lowest BCUT2D eigenvalue weighted by atomic mass is 10.1. The van der Waals surface area contributed by atoms with Gasteiger partial charge < -0.3 is 5.73 Å². The van der Waals surface area contributed by atoms with E-state index in [1.807, 2.05) is 13.1 Å². The minimum absolute atomic E-state index is 0.802. The van der Waals surface area contributed by atoms with E-state index in [9.17, 15) is 0 Å². The first-order chi connectivity index (χ1) is 5.25. The molecule has 0 atom stereocenters. The van der Waals surface area contributed by atoms with Gasteiger partial charge in [-0.1, -0.05) is 13.3 Å². The van der Waals surface area contributed by atoms with Crippen LogP contribution in [-0.2, 0) is 6.42 Å². The Morgan fingerprint density at radius 2 is 2.18 bits per heavy atom. The summed E-state index contributed by atoms with van der Waals surface area (Å²) in [6.45, 7) is 4.20. The van der Waals surface area contributed by atoms with E-state index in [2.05, 4.69) is 11.9 Å². The molecular formula is C9H14N2. The zero-order chi connectivity index (χ0) is 8.27. The molecule has 0 saturated carbocycles. The van der Waals surface area contributed by atoms with Crippen LogP contribution >= 0.6 is 0 Å². The molecule has 0 radical (unpaired) electrons. The van der Waals surface area contributed by atoms with Gasteiger partial charge in [-0.3, -0.25) is 4.98 Å². The lowest BCUT2D eigenvalue weighted by Gasteiger charge is -2.04. The van der Waals surface area contributed by atoms with Gasteiger partial charge in [0.15, 0.2) is 0 Å². The molecule has 2 heteroatoms. The lowest BCUT2D eigenvalue weighted by molar-refractivity contribution is 0.905. The van der Waals surface area contributed by atoms with E-state index in [0.717, 1.165) is 18.5 Å². The highest BCUT2D eigenvalue weighted by Crippen LogP contribution is 2.14. The second kappa shape index (κ2) is 3.37. The average molecular weight is 150 g/mol. The Kier molecular flexibility index (Phi) is 2.47. The second-order valence-corrected chi connectivity index (χ2v) is 2.76. The normalized spacial score (nSPS) is 10.0. The number of hydrogen-bond acceptors (Lipinski definition) is 2. The molecule has 11 heavy (non-hydrogen) atoms. The maximum absolute atomic E-state index is 5.69. The van der Waals surface area contributed by atoms with Gasteiger partial charge in [-0.2, -0.15) is 0 Å². The molecule has 0 bridgehead atoms. The Hall–Kier alpha value is -1.05. The van der Waals surface area contributed by atoms with Crippen molar-refractivity contribution in [2.75, 3.05) is 5.73 Å². The average Bonchev–Trinajstić information content (AvgIpc) is 1.99. The van der Waals surface area contributed by atoms with Gasteiger partial charge in [0.05, 0.1) is 11.9 Å². The van der Waals surface area contributed by atoms with Crippen molar-refractivity contribution in [3.8, 4) is 0 Å². The van der Waals surface area contributed by atoms with Gasteiger partial charge in [-0.15, -0.1) is 0 Å². The number of nitrogen functional groups attached to an aromatic ring is 1. The minimum Gasteiger partial charge on any atom is -0.397 e. The zero-order valence-electron chi connectivity index (χ0n) is 7.09. The Bertz CT molecular complexity index is 243. The number of aromatic nitrogens is 1. The van der Waals surface area contributed by atoms with Crippen LogP contribution in [0.15, 0.2) is 12.4 Å². The van der Waals surface area contributed by atoms with Crippen molar-refractivity contribution >= 4 is 5.69 Å². The number of aryl methyl sites for hydroxylation is 1. The first kappa shape index (κ1) is 8.05. The lowest BCUT2D eigenvalue weighted by Crippen LogP contribution is -1.96. The highest BCUT2D eigenvalue weighted by molar-refractivity contribution is 5.47. The monoisotopic (exact) mass is 150 g/mol. The Balaban J connectivity index is 2.96. The van der Waals surface area contributed by atoms with E-state index >= 15 is 0 Å². The maximum Gasteiger partial charge on any atom is 0.0533 e. The fraction of sp³-hybridized carbons (Fsp3) is 0.444. The van der Waals surface area contributed by atoms with Crippen molar-refractivity contribution in [3.63, 3.8) is 0 Å². The van der Waals surface area contributed by atoms with Crippen molar-refractivity contribution in [2.24, 2.45) is 0 Å². The van der Waals surface area contributed by atoms with E-state index in [-0.39, 0.29) is 0 Å². The topological polar surface area (TPSA) is 38.9 Å². The van der Waals surface area contributed by atoms with E-state index in [4.69, 9.17) is 5.73 Å². The van der Waals surface area contributed by atoms with Crippen LogP contribution in [0.1, 0.15) is 24.5 Å². The van der Waals surface area contributed by atoms with Gasteiger partial charge in [-0.25, -0.2) is 0 Å². The summed E-state index contributed by atoms with van der Waals surface area (Å²) < 4.78 is 0. The third-order valence-electron chi connectivity index (χ3n) is 1.88. The predicted molar refractivity (Wildman–Crippen MR) is 47.4 cm³/mol. The number of rotatable bonds is 2. The molecule has 0 aliphatic rings. The van der Waals surface area contributed by atoms with Crippen molar-refractivity contribution < 1.29 is 0 Å². The van der Waals surface area contributed by atoms with Gasteiger partial charge in [0.1, 0.15) is 0 Å². The number of hydrogen-bond donors (Lipinski definition) is 1. The van der Waals surface area contributed by atoms with Crippen LogP contribution in [0.2, 0.25) is 0 Å². The predicted octanol–water partition coefficient (Wildman–Crippen LogP) is 1.92. The molecular weight excluding hydrogens is 136 g/mol. The molecule has 1 aromatic rings. The summed E-state index contributed by atoms with van der Waals surface area (Å²) in [5.41, 5.74) is 8.94. The van der Waals surface area contributed by atoms with E-state index in [1.165, 1.54) is 11.1 Å². The quantitative estimate of drug-likeness (QED) is 0.699.